The first-order valence-electron chi connectivity index (χ1n) is 6.02. The van der Waals surface area contributed by atoms with Gasteiger partial charge in [-0.2, -0.15) is 0 Å². The molecule has 0 bridgehead atoms. The lowest BCUT2D eigenvalue weighted by Gasteiger charge is -2.13. The van der Waals surface area contributed by atoms with E-state index < -0.39 is 8.80 Å². The molecule has 0 atom stereocenters. The summed E-state index contributed by atoms with van der Waals surface area (Å²) < 4.78 is 0. The number of aryl methyl sites for hydroxylation is 1. The average molecular weight is 234 g/mol. The lowest BCUT2D eigenvalue weighted by atomic mass is 10.1. The molecule has 0 aliphatic heterocycles. The van der Waals surface area contributed by atoms with Crippen molar-refractivity contribution in [1.82, 2.24) is 0 Å². The Bertz CT molecular complexity index is 345. The summed E-state index contributed by atoms with van der Waals surface area (Å²) in [5.74, 6) is 0. The van der Waals surface area contributed by atoms with Crippen molar-refractivity contribution in [3.05, 3.63) is 42.0 Å². The van der Waals surface area contributed by atoms with Gasteiger partial charge in [0.15, 0.2) is 0 Å². The molecule has 0 fully saturated rings. The Kier molecular flexibility index (Phi) is 5.50. The molecule has 1 aromatic carbocycles. The first-order valence-corrected chi connectivity index (χ1v) is 8.91. The number of benzene rings is 1. The van der Waals surface area contributed by atoms with Crippen LogP contribution >= 0.6 is 0 Å². The lowest BCUT2D eigenvalue weighted by Crippen LogP contribution is -2.27. The van der Waals surface area contributed by atoms with Crippen molar-refractivity contribution in [3.63, 3.8) is 0 Å². The molecule has 0 aromatic heterocycles. The first kappa shape index (κ1) is 13.2. The third-order valence-corrected chi connectivity index (χ3v) is 4.60. The maximum atomic E-state index is 8.89. The van der Waals surface area contributed by atoms with Crippen LogP contribution in [-0.4, -0.2) is 20.5 Å². The summed E-state index contributed by atoms with van der Waals surface area (Å²) in [5, 5.41) is 10.4. The van der Waals surface area contributed by atoms with Gasteiger partial charge in [-0.15, -0.1) is 6.58 Å². The van der Waals surface area contributed by atoms with E-state index in [4.69, 9.17) is 5.11 Å². The van der Waals surface area contributed by atoms with E-state index in [9.17, 15) is 0 Å². The number of aliphatic hydroxyl groups excluding tert-OH is 1. The van der Waals surface area contributed by atoms with E-state index >= 15 is 0 Å². The molecule has 1 aromatic rings. The number of rotatable bonds is 6. The first-order chi connectivity index (χ1) is 7.69. The molecule has 0 aliphatic carbocycles. The van der Waals surface area contributed by atoms with Gasteiger partial charge in [0.2, 0.25) is 0 Å². The van der Waals surface area contributed by atoms with E-state index in [1.165, 1.54) is 11.1 Å². The average Bonchev–Trinajstić information content (AvgIpc) is 2.27. The van der Waals surface area contributed by atoms with Gasteiger partial charge in [-0.25, -0.2) is 0 Å². The largest absolute Gasteiger partial charge is 0.396 e. The van der Waals surface area contributed by atoms with Gasteiger partial charge in [0.25, 0.3) is 0 Å². The van der Waals surface area contributed by atoms with Crippen LogP contribution < -0.4 is 5.19 Å². The second-order valence-electron chi connectivity index (χ2n) is 4.51. The standard InChI is InChI=1S/C14H22OSi/c1-4-6-12-8-9-13(7-5-10-15)14(11-12)16(2)3/h4,8-9,11,15-16H,1,5-7,10H2,2-3H3. The predicted octanol–water partition coefficient (Wildman–Crippen LogP) is 2.03. The Morgan fingerprint density at radius 2 is 2.12 bits per heavy atom. The van der Waals surface area contributed by atoms with Crippen molar-refractivity contribution in [2.45, 2.75) is 32.4 Å². The van der Waals surface area contributed by atoms with Crippen LogP contribution in [0.1, 0.15) is 17.5 Å². The van der Waals surface area contributed by atoms with Gasteiger partial charge in [-0.1, -0.05) is 42.6 Å². The van der Waals surface area contributed by atoms with E-state index in [2.05, 4.69) is 37.9 Å². The van der Waals surface area contributed by atoms with Crippen LogP contribution in [0.2, 0.25) is 13.1 Å². The number of hydrogen-bond donors (Lipinski definition) is 1. The quantitative estimate of drug-likeness (QED) is 0.590. The minimum Gasteiger partial charge on any atom is -0.396 e. The summed E-state index contributed by atoms with van der Waals surface area (Å²) in [4.78, 5) is 0. The smallest absolute Gasteiger partial charge is 0.0651 e. The molecule has 0 saturated carbocycles. The molecule has 0 aliphatic rings. The SMILES string of the molecule is C=CCc1ccc(CCCO)c([SiH](C)C)c1. The van der Waals surface area contributed by atoms with Gasteiger partial charge < -0.3 is 5.11 Å². The molecule has 1 N–H and O–H groups in total. The minimum atomic E-state index is -0.780. The van der Waals surface area contributed by atoms with Crippen LogP contribution in [0.4, 0.5) is 0 Å². The molecule has 0 heterocycles. The van der Waals surface area contributed by atoms with E-state index in [-0.39, 0.29) is 6.61 Å². The molecular weight excluding hydrogens is 212 g/mol. The van der Waals surface area contributed by atoms with Gasteiger partial charge in [-0.05, 0) is 30.4 Å². The molecule has 0 spiro atoms. The fraction of sp³-hybridized carbons (Fsp3) is 0.429. The predicted molar refractivity (Wildman–Crippen MR) is 74.3 cm³/mol. The second kappa shape index (κ2) is 6.66. The van der Waals surface area contributed by atoms with Crippen LogP contribution in [0, 0.1) is 0 Å². The molecule has 2 heteroatoms. The Balaban J connectivity index is 2.94. The molecule has 1 nitrogen and oxygen atoms in total. The molecule has 1 rings (SSSR count). The zero-order valence-electron chi connectivity index (χ0n) is 10.4. The molecule has 88 valence electrons. The Morgan fingerprint density at radius 3 is 2.69 bits per heavy atom. The highest BCUT2D eigenvalue weighted by molar-refractivity contribution is 6.71. The van der Waals surface area contributed by atoms with Crippen LogP contribution in [0.3, 0.4) is 0 Å². The van der Waals surface area contributed by atoms with Gasteiger partial charge >= 0.3 is 0 Å². The summed E-state index contributed by atoms with van der Waals surface area (Å²) >= 11 is 0. The molecule has 0 radical (unpaired) electrons. The molecular formula is C14H22OSi. The number of aliphatic hydroxyl groups is 1. The van der Waals surface area contributed by atoms with Crippen molar-refractivity contribution < 1.29 is 5.11 Å². The summed E-state index contributed by atoms with van der Waals surface area (Å²) in [6.07, 6.45) is 4.78. The molecule has 16 heavy (non-hydrogen) atoms. The molecule has 0 unspecified atom stereocenters. The molecule has 0 saturated heterocycles. The Hall–Kier alpha value is -0.863. The highest BCUT2D eigenvalue weighted by Crippen LogP contribution is 2.07. The summed E-state index contributed by atoms with van der Waals surface area (Å²) in [6.45, 7) is 8.78. The highest BCUT2D eigenvalue weighted by atomic mass is 28.3. The normalized spacial score (nSPS) is 10.8. The summed E-state index contributed by atoms with van der Waals surface area (Å²) in [7, 11) is -0.780. The number of hydrogen-bond acceptors (Lipinski definition) is 1. The maximum absolute atomic E-state index is 8.89. The fourth-order valence-corrected chi connectivity index (χ4v) is 3.50. The van der Waals surface area contributed by atoms with E-state index in [0.29, 0.717) is 0 Å². The monoisotopic (exact) mass is 234 g/mol. The maximum Gasteiger partial charge on any atom is 0.0651 e. The van der Waals surface area contributed by atoms with Crippen molar-refractivity contribution in [2.24, 2.45) is 0 Å². The third-order valence-electron chi connectivity index (χ3n) is 2.82. The zero-order valence-corrected chi connectivity index (χ0v) is 11.5. The third kappa shape index (κ3) is 3.61. The topological polar surface area (TPSA) is 20.2 Å². The van der Waals surface area contributed by atoms with Crippen LogP contribution in [-0.2, 0) is 12.8 Å². The highest BCUT2D eigenvalue weighted by Gasteiger charge is 2.08. The van der Waals surface area contributed by atoms with Gasteiger partial charge in [0.05, 0.1) is 8.80 Å². The lowest BCUT2D eigenvalue weighted by molar-refractivity contribution is 0.288. The van der Waals surface area contributed by atoms with Crippen molar-refractivity contribution in [2.75, 3.05) is 6.61 Å². The van der Waals surface area contributed by atoms with Gasteiger partial charge in [-0.3, -0.25) is 0 Å². The van der Waals surface area contributed by atoms with E-state index in [1.807, 2.05) is 6.08 Å². The van der Waals surface area contributed by atoms with Crippen molar-refractivity contribution in [3.8, 4) is 0 Å². The van der Waals surface area contributed by atoms with Gasteiger partial charge in [0.1, 0.15) is 0 Å². The van der Waals surface area contributed by atoms with Crippen LogP contribution in [0.15, 0.2) is 30.9 Å². The Labute approximate surface area is 100 Å². The zero-order chi connectivity index (χ0) is 12.0. The van der Waals surface area contributed by atoms with Gasteiger partial charge in [0, 0.05) is 6.61 Å². The van der Waals surface area contributed by atoms with Crippen molar-refractivity contribution >= 4 is 14.0 Å². The van der Waals surface area contributed by atoms with Crippen LogP contribution in [0.25, 0.3) is 0 Å². The Morgan fingerprint density at radius 1 is 1.38 bits per heavy atom. The van der Waals surface area contributed by atoms with Crippen molar-refractivity contribution in [1.29, 1.82) is 0 Å². The number of allylic oxidation sites excluding steroid dienone is 1. The minimum absolute atomic E-state index is 0.285. The summed E-state index contributed by atoms with van der Waals surface area (Å²) in [6, 6.07) is 6.76. The molecule has 0 amide bonds. The van der Waals surface area contributed by atoms with Crippen LogP contribution in [0.5, 0.6) is 0 Å². The summed E-state index contributed by atoms with van der Waals surface area (Å²) in [5.41, 5.74) is 2.79. The van der Waals surface area contributed by atoms with E-state index in [1.54, 1.807) is 5.19 Å². The second-order valence-corrected chi connectivity index (χ2v) is 7.44. The fourth-order valence-electron chi connectivity index (χ4n) is 1.97. The van der Waals surface area contributed by atoms with E-state index in [0.717, 1.165) is 19.3 Å².